The van der Waals surface area contributed by atoms with E-state index in [9.17, 15) is 13.2 Å². The maximum absolute atomic E-state index is 13.2. The molecule has 1 atom stereocenters. The Morgan fingerprint density at radius 1 is 1.06 bits per heavy atom. The smallest absolute Gasteiger partial charge is 0.252 e. The Balaban J connectivity index is 1.33. The molecule has 3 heterocycles. The number of hydrogen-bond donors (Lipinski definition) is 0. The molecule has 0 saturated carbocycles. The first kappa shape index (κ1) is 24.0. The summed E-state index contributed by atoms with van der Waals surface area (Å²) in [7, 11) is -3.54. The highest BCUT2D eigenvalue weighted by Gasteiger charge is 2.36. The highest BCUT2D eigenvalue weighted by atomic mass is 32.2. The summed E-state index contributed by atoms with van der Waals surface area (Å²) in [6.45, 7) is 6.39. The molecule has 0 aliphatic carbocycles. The molecular weight excluding hydrogens is 460 g/mol. The number of piperidine rings is 2. The Morgan fingerprint density at radius 3 is 2.45 bits per heavy atom. The van der Waals surface area contributed by atoms with Crippen molar-refractivity contribution in [2.75, 3.05) is 32.8 Å². The molecule has 0 radical (unpaired) electrons. The van der Waals surface area contributed by atoms with Gasteiger partial charge in [0.15, 0.2) is 11.5 Å². The summed E-state index contributed by atoms with van der Waals surface area (Å²) in [4.78, 5) is 16.1. The van der Waals surface area contributed by atoms with Gasteiger partial charge in [0.25, 0.3) is 10.0 Å². The zero-order valence-electron chi connectivity index (χ0n) is 19.2. The van der Waals surface area contributed by atoms with Crippen LogP contribution < -0.4 is 9.47 Å². The van der Waals surface area contributed by atoms with Gasteiger partial charge in [0.2, 0.25) is 5.91 Å². The van der Waals surface area contributed by atoms with Crippen LogP contribution in [-0.4, -0.2) is 62.4 Å². The quantitative estimate of drug-likeness (QED) is 0.586. The summed E-state index contributed by atoms with van der Waals surface area (Å²) in [6.07, 6.45) is 2.95. The van der Waals surface area contributed by atoms with Crippen LogP contribution in [0.2, 0.25) is 0 Å². The number of hydrogen-bond acceptors (Lipinski definition) is 6. The molecule has 1 aromatic carbocycles. The van der Waals surface area contributed by atoms with Crippen LogP contribution in [0.4, 0.5) is 0 Å². The van der Waals surface area contributed by atoms with Gasteiger partial charge in [-0.05, 0) is 51.0 Å². The van der Waals surface area contributed by atoms with Gasteiger partial charge in [-0.25, -0.2) is 8.42 Å². The molecule has 33 heavy (non-hydrogen) atoms. The Bertz CT molecular complexity index is 1060. The number of carbonyl (C=O) groups is 1. The lowest BCUT2D eigenvalue weighted by Crippen LogP contribution is -2.49. The van der Waals surface area contributed by atoms with Gasteiger partial charge in [0, 0.05) is 43.9 Å². The van der Waals surface area contributed by atoms with Gasteiger partial charge in [-0.15, -0.1) is 11.3 Å². The molecular formula is C24H32N2O5S2. The number of aryl methyl sites for hydroxylation is 1. The number of likely N-dealkylation sites (tertiary alicyclic amines) is 1. The van der Waals surface area contributed by atoms with Gasteiger partial charge in [0.05, 0.1) is 12.5 Å². The lowest BCUT2D eigenvalue weighted by molar-refractivity contribution is -0.138. The lowest BCUT2D eigenvalue weighted by Gasteiger charge is -2.37. The van der Waals surface area contributed by atoms with E-state index in [4.69, 9.17) is 9.47 Å². The van der Waals surface area contributed by atoms with E-state index in [1.54, 1.807) is 6.07 Å². The van der Waals surface area contributed by atoms with Crippen LogP contribution >= 0.6 is 11.3 Å². The van der Waals surface area contributed by atoms with E-state index >= 15 is 0 Å². The highest BCUT2D eigenvalue weighted by Crippen LogP contribution is 2.31. The fraction of sp³-hybridized carbons (Fsp3) is 0.542. The SMILES string of the molecule is CCOc1ccccc1OC1CCN(C(=O)C2CCCN(S(=O)(=O)c3ccc(C)s3)C2)CC1. The molecule has 2 aliphatic heterocycles. The number of benzene rings is 1. The van der Waals surface area contributed by atoms with Crippen molar-refractivity contribution in [2.24, 2.45) is 5.92 Å². The molecule has 180 valence electrons. The molecule has 0 N–H and O–H groups in total. The first-order valence-corrected chi connectivity index (χ1v) is 13.9. The van der Waals surface area contributed by atoms with E-state index in [1.807, 2.05) is 49.1 Å². The number of ether oxygens (including phenoxy) is 2. The van der Waals surface area contributed by atoms with Gasteiger partial charge in [-0.1, -0.05) is 12.1 Å². The van der Waals surface area contributed by atoms with E-state index in [-0.39, 0.29) is 24.5 Å². The summed E-state index contributed by atoms with van der Waals surface area (Å²) in [6, 6.07) is 11.1. The number of para-hydroxylation sites is 2. The molecule has 2 aliphatic rings. The number of amides is 1. The van der Waals surface area contributed by atoms with Crippen LogP contribution in [0.5, 0.6) is 11.5 Å². The summed E-state index contributed by atoms with van der Waals surface area (Å²) in [5, 5.41) is 0. The van der Waals surface area contributed by atoms with Crippen molar-refractivity contribution in [1.82, 2.24) is 9.21 Å². The molecule has 7 nitrogen and oxygen atoms in total. The van der Waals surface area contributed by atoms with Crippen LogP contribution in [0.1, 0.15) is 37.5 Å². The number of carbonyl (C=O) groups excluding carboxylic acids is 1. The second-order valence-electron chi connectivity index (χ2n) is 8.59. The number of rotatable bonds is 7. The van der Waals surface area contributed by atoms with Crippen molar-refractivity contribution in [3.8, 4) is 11.5 Å². The average molecular weight is 493 g/mol. The predicted octanol–water partition coefficient (Wildman–Crippen LogP) is 3.93. The average Bonchev–Trinajstić information content (AvgIpc) is 3.28. The lowest BCUT2D eigenvalue weighted by atomic mass is 9.96. The molecule has 2 saturated heterocycles. The van der Waals surface area contributed by atoms with Gasteiger partial charge in [-0.3, -0.25) is 4.79 Å². The number of sulfonamides is 1. The minimum Gasteiger partial charge on any atom is -0.490 e. The molecule has 1 unspecified atom stereocenters. The van der Waals surface area contributed by atoms with Crippen molar-refractivity contribution >= 4 is 27.3 Å². The van der Waals surface area contributed by atoms with Gasteiger partial charge in [0.1, 0.15) is 10.3 Å². The normalized spacial score (nSPS) is 20.5. The minimum absolute atomic E-state index is 0.0287. The van der Waals surface area contributed by atoms with Gasteiger partial charge in [-0.2, -0.15) is 4.31 Å². The second kappa shape index (κ2) is 10.4. The Morgan fingerprint density at radius 2 is 1.79 bits per heavy atom. The number of thiophene rings is 1. The molecule has 1 aromatic heterocycles. The zero-order valence-corrected chi connectivity index (χ0v) is 20.9. The van der Waals surface area contributed by atoms with E-state index in [1.165, 1.54) is 15.6 Å². The maximum Gasteiger partial charge on any atom is 0.252 e. The van der Waals surface area contributed by atoms with E-state index in [2.05, 4.69) is 0 Å². The topological polar surface area (TPSA) is 76.2 Å². The van der Waals surface area contributed by atoms with Crippen LogP contribution in [0.3, 0.4) is 0 Å². The van der Waals surface area contributed by atoms with Crippen molar-refractivity contribution in [3.05, 3.63) is 41.3 Å². The predicted molar refractivity (Wildman–Crippen MR) is 128 cm³/mol. The summed E-state index contributed by atoms with van der Waals surface area (Å²) in [5.41, 5.74) is 0. The van der Waals surface area contributed by atoms with Crippen LogP contribution in [0, 0.1) is 12.8 Å². The van der Waals surface area contributed by atoms with Crippen LogP contribution in [0.25, 0.3) is 0 Å². The van der Waals surface area contributed by atoms with E-state index < -0.39 is 10.0 Å². The molecule has 9 heteroatoms. The largest absolute Gasteiger partial charge is 0.490 e. The van der Waals surface area contributed by atoms with Crippen molar-refractivity contribution in [1.29, 1.82) is 0 Å². The van der Waals surface area contributed by atoms with Crippen molar-refractivity contribution in [3.63, 3.8) is 0 Å². The van der Waals surface area contributed by atoms with E-state index in [0.29, 0.717) is 36.9 Å². The number of nitrogens with zero attached hydrogens (tertiary/aromatic N) is 2. The maximum atomic E-state index is 13.2. The van der Waals surface area contributed by atoms with Crippen LogP contribution in [0.15, 0.2) is 40.6 Å². The monoisotopic (exact) mass is 492 g/mol. The third-order valence-electron chi connectivity index (χ3n) is 6.24. The molecule has 0 spiro atoms. The molecule has 4 rings (SSSR count). The molecule has 0 bridgehead atoms. The van der Waals surface area contributed by atoms with Crippen LogP contribution in [-0.2, 0) is 14.8 Å². The van der Waals surface area contributed by atoms with Crippen molar-refractivity contribution < 1.29 is 22.7 Å². The molecule has 2 fully saturated rings. The third-order valence-corrected chi connectivity index (χ3v) is 9.57. The third kappa shape index (κ3) is 5.53. The Hall–Kier alpha value is -2.10. The first-order chi connectivity index (χ1) is 15.9. The summed E-state index contributed by atoms with van der Waals surface area (Å²) < 4.78 is 39.7. The molecule has 2 aromatic rings. The zero-order chi connectivity index (χ0) is 23.4. The van der Waals surface area contributed by atoms with Gasteiger partial charge < -0.3 is 14.4 Å². The van der Waals surface area contributed by atoms with Crippen molar-refractivity contribution in [2.45, 2.75) is 49.8 Å². The fourth-order valence-electron chi connectivity index (χ4n) is 4.49. The second-order valence-corrected chi connectivity index (χ2v) is 12.0. The minimum atomic E-state index is -3.54. The Labute approximate surface area is 200 Å². The molecule has 1 amide bonds. The fourth-order valence-corrected chi connectivity index (χ4v) is 7.46. The standard InChI is InChI=1S/C24H32N2O5S2/c1-3-30-21-8-4-5-9-22(21)31-20-12-15-25(16-13-20)24(27)19-7-6-14-26(17-19)33(28,29)23-11-10-18(2)32-23/h4-5,8-11,19-20H,3,6-7,12-17H2,1-2H3. The van der Waals surface area contributed by atoms with E-state index in [0.717, 1.165) is 35.6 Å². The highest BCUT2D eigenvalue weighted by molar-refractivity contribution is 7.91. The summed E-state index contributed by atoms with van der Waals surface area (Å²) >= 11 is 1.28. The van der Waals surface area contributed by atoms with Gasteiger partial charge >= 0.3 is 0 Å². The first-order valence-electron chi connectivity index (χ1n) is 11.6. The Kier molecular flexibility index (Phi) is 7.61. The summed E-state index contributed by atoms with van der Waals surface area (Å²) in [5.74, 6) is 1.25.